The van der Waals surface area contributed by atoms with Crippen LogP contribution in [0.4, 0.5) is 11.4 Å². The summed E-state index contributed by atoms with van der Waals surface area (Å²) in [6, 6.07) is 14.1. The number of nitriles is 1. The molecule has 2 rings (SSSR count). The van der Waals surface area contributed by atoms with Crippen molar-refractivity contribution in [3.05, 3.63) is 54.1 Å². The van der Waals surface area contributed by atoms with Gasteiger partial charge in [-0.3, -0.25) is 4.79 Å². The van der Waals surface area contributed by atoms with Gasteiger partial charge in [0.15, 0.2) is 0 Å². The second-order valence-electron chi connectivity index (χ2n) is 4.08. The molecule has 0 fully saturated rings. The Balaban J connectivity index is 0.000000211. The van der Waals surface area contributed by atoms with E-state index in [1.165, 1.54) is 0 Å². The Kier molecular flexibility index (Phi) is 6.65. The molecule has 0 amide bonds. The van der Waals surface area contributed by atoms with Gasteiger partial charge in [0, 0.05) is 16.3 Å². The minimum absolute atomic E-state index is 0.0328. The summed E-state index contributed by atoms with van der Waals surface area (Å²) in [4.78, 5) is 11.2. The fourth-order valence-corrected chi connectivity index (χ4v) is 1.84. The van der Waals surface area contributed by atoms with E-state index in [2.05, 4.69) is 0 Å². The maximum absolute atomic E-state index is 10.2. The maximum Gasteiger partial charge on any atom is 0.307 e. The number of nitrogens with two attached hydrogens (primary N) is 2. The quantitative estimate of drug-likeness (QED) is 0.456. The van der Waals surface area contributed by atoms with Crippen molar-refractivity contribution in [3.63, 3.8) is 0 Å². The number of thioether (sulfide) groups is 1. The Bertz CT molecular complexity index is 636. The molecule has 0 atom stereocenters. The van der Waals surface area contributed by atoms with Crippen molar-refractivity contribution in [1.29, 1.82) is 5.26 Å². The summed E-state index contributed by atoms with van der Waals surface area (Å²) in [5, 5.41) is 18.7. The van der Waals surface area contributed by atoms with Crippen molar-refractivity contribution in [3.8, 4) is 5.40 Å². The summed E-state index contributed by atoms with van der Waals surface area (Å²) >= 11 is 1.13. The Morgan fingerprint density at radius 1 is 1.14 bits per heavy atom. The summed E-state index contributed by atoms with van der Waals surface area (Å²) in [6.45, 7) is 0. The van der Waals surface area contributed by atoms with Crippen molar-refractivity contribution in [1.82, 2.24) is 0 Å². The number of thiocyanates is 1. The predicted molar refractivity (Wildman–Crippen MR) is 84.5 cm³/mol. The van der Waals surface area contributed by atoms with Gasteiger partial charge < -0.3 is 16.6 Å². The third-order valence-corrected chi connectivity index (χ3v) is 2.95. The van der Waals surface area contributed by atoms with E-state index < -0.39 is 5.97 Å². The molecule has 0 radical (unpaired) electrons. The minimum Gasteiger partial charge on any atom is -0.481 e. The number of nitrogens with zero attached hydrogens (tertiary/aromatic N) is 1. The molecule has 0 saturated heterocycles. The SMILES string of the molecule is N#CSc1ccc(N)cc1.Nc1cccc(CC(=O)O)c1. The van der Waals surface area contributed by atoms with Gasteiger partial charge >= 0.3 is 5.97 Å². The first-order chi connectivity index (χ1) is 10.0. The fourth-order valence-electron chi connectivity index (χ4n) is 1.47. The van der Waals surface area contributed by atoms with Gasteiger partial charge in [0.2, 0.25) is 0 Å². The molecule has 2 aromatic rings. The number of carbonyl (C=O) groups is 1. The van der Waals surface area contributed by atoms with E-state index in [0.29, 0.717) is 5.69 Å². The minimum atomic E-state index is -0.837. The van der Waals surface area contributed by atoms with Crippen molar-refractivity contribution in [2.75, 3.05) is 11.5 Å². The number of anilines is 2. The lowest BCUT2D eigenvalue weighted by Gasteiger charge is -1.96. The number of carboxylic acids is 1. The molecule has 0 aliphatic rings. The van der Waals surface area contributed by atoms with Gasteiger partial charge in [-0.05, 0) is 53.7 Å². The third kappa shape index (κ3) is 6.89. The summed E-state index contributed by atoms with van der Waals surface area (Å²) in [7, 11) is 0. The fraction of sp³-hybridized carbons (Fsp3) is 0.0667. The second kappa shape index (κ2) is 8.51. The highest BCUT2D eigenvalue weighted by Crippen LogP contribution is 2.16. The molecular formula is C15H15N3O2S. The van der Waals surface area contributed by atoms with E-state index >= 15 is 0 Å². The van der Waals surface area contributed by atoms with Gasteiger partial charge in [0.05, 0.1) is 6.42 Å². The zero-order chi connectivity index (χ0) is 15.7. The molecule has 6 heteroatoms. The molecule has 108 valence electrons. The van der Waals surface area contributed by atoms with E-state index in [9.17, 15) is 4.79 Å². The summed E-state index contributed by atoms with van der Waals surface area (Å²) in [5.41, 5.74) is 12.9. The van der Waals surface area contributed by atoms with Crippen molar-refractivity contribution < 1.29 is 9.90 Å². The monoisotopic (exact) mass is 301 g/mol. The predicted octanol–water partition coefficient (Wildman–Crippen LogP) is 2.74. The lowest BCUT2D eigenvalue weighted by atomic mass is 10.1. The molecule has 21 heavy (non-hydrogen) atoms. The number of rotatable bonds is 3. The molecule has 0 heterocycles. The van der Waals surface area contributed by atoms with E-state index in [1.54, 1.807) is 36.4 Å². The van der Waals surface area contributed by atoms with Crippen molar-refractivity contribution in [2.45, 2.75) is 11.3 Å². The summed E-state index contributed by atoms with van der Waals surface area (Å²) < 4.78 is 0. The third-order valence-electron chi connectivity index (χ3n) is 2.35. The Morgan fingerprint density at radius 3 is 2.33 bits per heavy atom. The maximum atomic E-state index is 10.2. The zero-order valence-electron chi connectivity index (χ0n) is 11.2. The molecule has 0 unspecified atom stereocenters. The molecule has 0 spiro atoms. The van der Waals surface area contributed by atoms with E-state index in [4.69, 9.17) is 21.8 Å². The molecule has 5 N–H and O–H groups in total. The lowest BCUT2D eigenvalue weighted by molar-refractivity contribution is -0.136. The average molecular weight is 301 g/mol. The van der Waals surface area contributed by atoms with Crippen molar-refractivity contribution in [2.24, 2.45) is 0 Å². The number of hydrogen-bond donors (Lipinski definition) is 3. The van der Waals surface area contributed by atoms with E-state index in [1.807, 2.05) is 17.5 Å². The van der Waals surface area contributed by atoms with Crippen LogP contribution >= 0.6 is 11.8 Å². The first kappa shape index (κ1) is 16.4. The number of carboxylic acid groups (broad SMARTS) is 1. The molecule has 2 aromatic carbocycles. The van der Waals surface area contributed by atoms with Crippen LogP contribution in [-0.4, -0.2) is 11.1 Å². The standard InChI is InChI=1S/C8H9NO2.C7H6N2S/c9-7-3-1-2-6(4-7)5-8(10)11;8-5-10-7-3-1-6(9)2-4-7/h1-4H,5,9H2,(H,10,11);1-4H,9H2. The normalized spacial score (nSPS) is 9.10. The van der Waals surface area contributed by atoms with Crippen LogP contribution in [0.5, 0.6) is 0 Å². The molecule has 0 aliphatic heterocycles. The van der Waals surface area contributed by atoms with Crippen LogP contribution < -0.4 is 11.5 Å². The van der Waals surface area contributed by atoms with Crippen LogP contribution in [-0.2, 0) is 11.2 Å². The van der Waals surface area contributed by atoms with Gasteiger partial charge in [-0.25, -0.2) is 0 Å². The van der Waals surface area contributed by atoms with Crippen LogP contribution in [0.25, 0.3) is 0 Å². The van der Waals surface area contributed by atoms with Crippen LogP contribution in [0.1, 0.15) is 5.56 Å². The van der Waals surface area contributed by atoms with Crippen molar-refractivity contribution >= 4 is 29.1 Å². The highest BCUT2D eigenvalue weighted by Gasteiger charge is 1.98. The Labute approximate surface area is 127 Å². The topological polar surface area (TPSA) is 113 Å². The number of hydrogen-bond acceptors (Lipinski definition) is 5. The lowest BCUT2D eigenvalue weighted by Crippen LogP contribution is -2.00. The highest BCUT2D eigenvalue weighted by atomic mass is 32.2. The Morgan fingerprint density at radius 2 is 1.81 bits per heavy atom. The van der Waals surface area contributed by atoms with Gasteiger partial charge in [-0.1, -0.05) is 12.1 Å². The zero-order valence-corrected chi connectivity index (χ0v) is 12.0. The number of aliphatic carboxylic acids is 1. The molecule has 0 aromatic heterocycles. The van der Waals surface area contributed by atoms with Crippen LogP contribution in [0.3, 0.4) is 0 Å². The largest absolute Gasteiger partial charge is 0.481 e. The smallest absolute Gasteiger partial charge is 0.307 e. The molecular weight excluding hydrogens is 286 g/mol. The first-order valence-corrected chi connectivity index (χ1v) is 6.80. The highest BCUT2D eigenvalue weighted by molar-refractivity contribution is 8.03. The van der Waals surface area contributed by atoms with E-state index in [-0.39, 0.29) is 6.42 Å². The van der Waals surface area contributed by atoms with Gasteiger partial charge in [-0.15, -0.1) is 0 Å². The molecule has 0 aliphatic carbocycles. The van der Waals surface area contributed by atoms with Crippen LogP contribution in [0.2, 0.25) is 0 Å². The van der Waals surface area contributed by atoms with Crippen LogP contribution in [0.15, 0.2) is 53.4 Å². The summed E-state index contributed by atoms with van der Waals surface area (Å²) in [5.74, 6) is -0.837. The molecule has 0 saturated carbocycles. The molecule has 0 bridgehead atoms. The van der Waals surface area contributed by atoms with E-state index in [0.717, 1.165) is 27.9 Å². The van der Waals surface area contributed by atoms with Gasteiger partial charge in [-0.2, -0.15) is 5.26 Å². The van der Waals surface area contributed by atoms with Gasteiger partial charge in [0.1, 0.15) is 5.40 Å². The first-order valence-electron chi connectivity index (χ1n) is 5.99. The number of nitrogen functional groups attached to an aromatic ring is 2. The Hall–Kier alpha value is -2.65. The van der Waals surface area contributed by atoms with Crippen LogP contribution in [0, 0.1) is 10.7 Å². The number of benzene rings is 2. The second-order valence-corrected chi connectivity index (χ2v) is 4.94. The molecule has 5 nitrogen and oxygen atoms in total. The van der Waals surface area contributed by atoms with Gasteiger partial charge in [0.25, 0.3) is 0 Å². The summed E-state index contributed by atoms with van der Waals surface area (Å²) in [6.07, 6.45) is 0.0328. The average Bonchev–Trinajstić information content (AvgIpc) is 2.42.